The van der Waals surface area contributed by atoms with Crippen molar-refractivity contribution >= 4 is 17.9 Å². The summed E-state index contributed by atoms with van der Waals surface area (Å²) in [6, 6.07) is 10.0. The van der Waals surface area contributed by atoms with Gasteiger partial charge in [0.1, 0.15) is 17.3 Å². The van der Waals surface area contributed by atoms with E-state index in [1.807, 2.05) is 12.1 Å². The predicted octanol–water partition coefficient (Wildman–Crippen LogP) is 2.07. The summed E-state index contributed by atoms with van der Waals surface area (Å²) >= 11 is 0. The third kappa shape index (κ3) is 2.72. The van der Waals surface area contributed by atoms with Gasteiger partial charge < -0.3 is 15.2 Å². The molecule has 2 N–H and O–H groups in total. The molecule has 5 rings (SSSR count). The zero-order chi connectivity index (χ0) is 19.1. The number of nitrogens with zero attached hydrogens (tertiary/aromatic N) is 5. The lowest BCUT2D eigenvalue weighted by molar-refractivity contribution is -0.105. The first-order valence-electron chi connectivity index (χ1n) is 8.86. The summed E-state index contributed by atoms with van der Waals surface area (Å²) in [5.74, 6) is 1.05. The molecule has 9 heteroatoms. The maximum atomic E-state index is 13.4. The van der Waals surface area contributed by atoms with Gasteiger partial charge in [-0.1, -0.05) is 0 Å². The maximum absolute atomic E-state index is 13.4. The van der Waals surface area contributed by atoms with Crippen LogP contribution in [0.15, 0.2) is 42.6 Å². The van der Waals surface area contributed by atoms with Crippen LogP contribution < -0.4 is 10.6 Å². The van der Waals surface area contributed by atoms with E-state index in [1.165, 1.54) is 12.1 Å². The number of aromatic nitrogens is 5. The summed E-state index contributed by atoms with van der Waals surface area (Å²) < 4.78 is 17.2. The zero-order valence-corrected chi connectivity index (χ0v) is 14.8. The topological polar surface area (TPSA) is 89.1 Å². The molecule has 0 fully saturated rings. The molecule has 0 bridgehead atoms. The van der Waals surface area contributed by atoms with Crippen LogP contribution in [0.1, 0.15) is 5.82 Å². The first-order chi connectivity index (χ1) is 13.7. The second-order valence-electron chi connectivity index (χ2n) is 6.47. The van der Waals surface area contributed by atoms with Crippen molar-refractivity contribution in [1.82, 2.24) is 29.5 Å². The number of nitrogens with one attached hydrogen (secondary N) is 2. The summed E-state index contributed by atoms with van der Waals surface area (Å²) in [5.41, 5.74) is 3.81. The molecule has 1 amide bonds. The molecule has 8 nitrogen and oxygen atoms in total. The molecular weight excluding hydrogens is 361 g/mol. The van der Waals surface area contributed by atoms with E-state index in [0.29, 0.717) is 24.4 Å². The van der Waals surface area contributed by atoms with Crippen LogP contribution in [0.4, 0.5) is 10.2 Å². The number of carbonyl (C=O) groups excluding carboxylic acids is 1. The van der Waals surface area contributed by atoms with Gasteiger partial charge in [-0.05, 0) is 36.4 Å². The van der Waals surface area contributed by atoms with Gasteiger partial charge in [0.15, 0.2) is 11.5 Å². The Hall–Kier alpha value is -3.59. The van der Waals surface area contributed by atoms with Crippen LogP contribution in [0.5, 0.6) is 0 Å². The number of halogens is 1. The summed E-state index contributed by atoms with van der Waals surface area (Å²) in [5, 5.41) is 10.5. The highest BCUT2D eigenvalue weighted by molar-refractivity contribution is 5.78. The van der Waals surface area contributed by atoms with Gasteiger partial charge in [-0.25, -0.2) is 18.9 Å². The molecule has 0 spiro atoms. The van der Waals surface area contributed by atoms with Gasteiger partial charge in [0.05, 0.1) is 24.1 Å². The van der Waals surface area contributed by atoms with E-state index < -0.39 is 0 Å². The second-order valence-corrected chi connectivity index (χ2v) is 6.47. The molecular formula is C19H16FN7O. The Balaban J connectivity index is 1.69. The van der Waals surface area contributed by atoms with E-state index in [1.54, 1.807) is 22.8 Å². The minimum Gasteiger partial charge on any atom is -0.324 e. The molecule has 0 atom stereocenters. The Labute approximate surface area is 159 Å². The SMILES string of the molecule is O=CNc1cn2nc(-c3c(-c4ccc(F)cc4)nc4n3CCNC4)ccc2n1. The summed E-state index contributed by atoms with van der Waals surface area (Å²) in [4.78, 5) is 19.7. The molecule has 1 aromatic carbocycles. The van der Waals surface area contributed by atoms with Gasteiger partial charge in [-0.15, -0.1) is 0 Å². The quantitative estimate of drug-likeness (QED) is 0.532. The van der Waals surface area contributed by atoms with Crippen molar-refractivity contribution in [2.75, 3.05) is 11.9 Å². The third-order valence-electron chi connectivity index (χ3n) is 4.73. The van der Waals surface area contributed by atoms with E-state index in [4.69, 9.17) is 4.98 Å². The number of rotatable bonds is 4. The van der Waals surface area contributed by atoms with E-state index in [9.17, 15) is 9.18 Å². The maximum Gasteiger partial charge on any atom is 0.212 e. The normalized spacial score (nSPS) is 13.5. The molecule has 1 aliphatic heterocycles. The molecule has 3 aromatic heterocycles. The van der Waals surface area contributed by atoms with Gasteiger partial charge in [0.25, 0.3) is 0 Å². The summed E-state index contributed by atoms with van der Waals surface area (Å²) in [6.45, 7) is 2.26. The first kappa shape index (κ1) is 16.6. The fourth-order valence-corrected chi connectivity index (χ4v) is 3.47. The number of fused-ring (bicyclic) bond motifs is 2. The lowest BCUT2D eigenvalue weighted by atomic mass is 10.1. The molecule has 140 valence electrons. The van der Waals surface area contributed by atoms with Crippen molar-refractivity contribution < 1.29 is 9.18 Å². The smallest absolute Gasteiger partial charge is 0.212 e. The lowest BCUT2D eigenvalue weighted by Crippen LogP contribution is -2.28. The van der Waals surface area contributed by atoms with E-state index in [-0.39, 0.29) is 5.82 Å². The number of carbonyl (C=O) groups is 1. The minimum atomic E-state index is -0.288. The van der Waals surface area contributed by atoms with Crippen LogP contribution in [0.3, 0.4) is 0 Å². The van der Waals surface area contributed by atoms with E-state index >= 15 is 0 Å². The predicted molar refractivity (Wildman–Crippen MR) is 101 cm³/mol. The molecule has 0 aliphatic carbocycles. The highest BCUT2D eigenvalue weighted by Gasteiger charge is 2.23. The number of hydrogen-bond donors (Lipinski definition) is 2. The van der Waals surface area contributed by atoms with Crippen LogP contribution in [0.2, 0.25) is 0 Å². The second kappa shape index (κ2) is 6.54. The van der Waals surface area contributed by atoms with Crippen LogP contribution in [0, 0.1) is 5.82 Å². The number of hydrogen-bond acceptors (Lipinski definition) is 5. The average molecular weight is 377 g/mol. The highest BCUT2D eigenvalue weighted by atomic mass is 19.1. The fourth-order valence-electron chi connectivity index (χ4n) is 3.47. The van der Waals surface area contributed by atoms with Gasteiger partial charge >= 0.3 is 0 Å². The van der Waals surface area contributed by atoms with Crippen molar-refractivity contribution in [2.45, 2.75) is 13.1 Å². The minimum absolute atomic E-state index is 0.288. The largest absolute Gasteiger partial charge is 0.324 e. The fraction of sp³-hybridized carbons (Fsp3) is 0.158. The summed E-state index contributed by atoms with van der Waals surface area (Å²) in [6.07, 6.45) is 2.23. The summed E-state index contributed by atoms with van der Waals surface area (Å²) in [7, 11) is 0. The van der Waals surface area contributed by atoms with Crippen LogP contribution in [0.25, 0.3) is 28.3 Å². The Bertz CT molecular complexity index is 1180. The van der Waals surface area contributed by atoms with Crippen molar-refractivity contribution in [3.8, 4) is 22.6 Å². The number of benzene rings is 1. The van der Waals surface area contributed by atoms with Crippen molar-refractivity contribution in [1.29, 1.82) is 0 Å². The molecule has 0 saturated carbocycles. The molecule has 0 radical (unpaired) electrons. The molecule has 4 heterocycles. The molecule has 4 aromatic rings. The van der Waals surface area contributed by atoms with Gasteiger partial charge in [-0.2, -0.15) is 5.10 Å². The number of amides is 1. The Kier molecular flexibility index (Phi) is 3.87. The third-order valence-corrected chi connectivity index (χ3v) is 4.73. The molecule has 1 aliphatic rings. The Morgan fingerprint density at radius 1 is 1.14 bits per heavy atom. The van der Waals surface area contributed by atoms with Gasteiger partial charge in [0, 0.05) is 18.7 Å². The van der Waals surface area contributed by atoms with Crippen molar-refractivity contribution in [3.05, 3.63) is 54.2 Å². The number of imidazole rings is 2. The lowest BCUT2D eigenvalue weighted by Gasteiger charge is -2.17. The van der Waals surface area contributed by atoms with Crippen LogP contribution in [-0.2, 0) is 17.9 Å². The van der Waals surface area contributed by atoms with Gasteiger partial charge in [0.2, 0.25) is 6.41 Å². The standard InChI is InChI=1S/C19H16FN7O/c20-13-3-1-12(2-4-13)18-19(26-8-7-21-9-17(26)24-18)14-5-6-16-23-15(22-11-28)10-27(16)25-14/h1-6,10-11,21H,7-9H2,(H,22,28). The Morgan fingerprint density at radius 3 is 2.82 bits per heavy atom. The highest BCUT2D eigenvalue weighted by Crippen LogP contribution is 2.33. The van der Waals surface area contributed by atoms with Crippen LogP contribution >= 0.6 is 0 Å². The number of anilines is 1. The molecule has 28 heavy (non-hydrogen) atoms. The molecule has 0 saturated heterocycles. The van der Waals surface area contributed by atoms with Crippen LogP contribution in [-0.4, -0.2) is 37.1 Å². The monoisotopic (exact) mass is 377 g/mol. The van der Waals surface area contributed by atoms with Crippen molar-refractivity contribution in [2.24, 2.45) is 0 Å². The molecule has 0 unspecified atom stereocenters. The van der Waals surface area contributed by atoms with E-state index in [2.05, 4.69) is 25.3 Å². The Morgan fingerprint density at radius 2 is 2.00 bits per heavy atom. The van der Waals surface area contributed by atoms with E-state index in [0.717, 1.165) is 41.6 Å². The van der Waals surface area contributed by atoms with Gasteiger partial charge in [-0.3, -0.25) is 4.79 Å². The van der Waals surface area contributed by atoms with Crippen molar-refractivity contribution in [3.63, 3.8) is 0 Å². The zero-order valence-electron chi connectivity index (χ0n) is 14.8. The average Bonchev–Trinajstić information content (AvgIpc) is 3.29. The first-order valence-corrected chi connectivity index (χ1v) is 8.86.